The molecule has 0 amide bonds. The number of hydrogen-bond donors (Lipinski definition) is 0. The van der Waals surface area contributed by atoms with Crippen molar-refractivity contribution in [2.45, 2.75) is 19.7 Å². The number of benzene rings is 1. The second kappa shape index (κ2) is 6.75. The molecule has 0 aliphatic heterocycles. The molecule has 0 aliphatic carbocycles. The molecule has 1 aromatic carbocycles. The summed E-state index contributed by atoms with van der Waals surface area (Å²) in [6.07, 6.45) is -5.70. The molecule has 10 heteroatoms. The van der Waals surface area contributed by atoms with E-state index < -0.39 is 46.2 Å². The van der Waals surface area contributed by atoms with Crippen LogP contribution in [0.2, 0.25) is 0 Å². The van der Waals surface area contributed by atoms with Gasteiger partial charge in [-0.15, -0.1) is 13.2 Å². The maximum absolute atomic E-state index is 12.2. The van der Waals surface area contributed by atoms with E-state index in [-0.39, 0.29) is 6.61 Å². The summed E-state index contributed by atoms with van der Waals surface area (Å²) in [7, 11) is 0. The van der Waals surface area contributed by atoms with Crippen LogP contribution in [-0.4, -0.2) is 23.9 Å². The van der Waals surface area contributed by atoms with Gasteiger partial charge in [0.25, 0.3) is 5.69 Å². The number of esters is 1. The SMILES string of the molecule is CCOC(=O)Cc1cc(OC(F)(F)F)cc(C#N)c1[N+](=O)[O-]. The van der Waals surface area contributed by atoms with Crippen molar-refractivity contribution in [2.24, 2.45) is 0 Å². The third kappa shape index (κ3) is 4.62. The van der Waals surface area contributed by atoms with Gasteiger partial charge in [-0.2, -0.15) is 5.26 Å². The average Bonchev–Trinajstić information content (AvgIpc) is 2.35. The molecule has 7 nitrogen and oxygen atoms in total. The second-order valence-electron chi connectivity index (χ2n) is 3.88. The number of rotatable bonds is 5. The van der Waals surface area contributed by atoms with Crippen molar-refractivity contribution in [1.82, 2.24) is 0 Å². The first-order valence-electron chi connectivity index (χ1n) is 5.80. The van der Waals surface area contributed by atoms with Crippen LogP contribution in [0.5, 0.6) is 5.75 Å². The van der Waals surface area contributed by atoms with E-state index in [2.05, 4.69) is 9.47 Å². The van der Waals surface area contributed by atoms with Crippen LogP contribution in [0.4, 0.5) is 18.9 Å². The predicted octanol–water partition coefficient (Wildman–Crippen LogP) is 2.47. The van der Waals surface area contributed by atoms with E-state index in [1.54, 1.807) is 0 Å². The fourth-order valence-corrected chi connectivity index (χ4v) is 1.66. The summed E-state index contributed by atoms with van der Waals surface area (Å²) in [6, 6.07) is 2.68. The van der Waals surface area contributed by atoms with Crippen molar-refractivity contribution in [3.63, 3.8) is 0 Å². The van der Waals surface area contributed by atoms with Crippen molar-refractivity contribution in [1.29, 1.82) is 5.26 Å². The van der Waals surface area contributed by atoms with E-state index in [9.17, 15) is 28.1 Å². The van der Waals surface area contributed by atoms with Crippen molar-refractivity contribution in [3.05, 3.63) is 33.4 Å². The summed E-state index contributed by atoms with van der Waals surface area (Å²) in [6.45, 7) is 1.49. The molecule has 0 saturated heterocycles. The molecule has 0 heterocycles. The Morgan fingerprint density at radius 1 is 1.45 bits per heavy atom. The van der Waals surface area contributed by atoms with E-state index in [0.29, 0.717) is 12.1 Å². The van der Waals surface area contributed by atoms with Gasteiger partial charge in [0.2, 0.25) is 0 Å². The minimum absolute atomic E-state index is 0.00349. The van der Waals surface area contributed by atoms with Gasteiger partial charge in [0.05, 0.1) is 18.0 Å². The van der Waals surface area contributed by atoms with Crippen LogP contribution in [0.3, 0.4) is 0 Å². The highest BCUT2D eigenvalue weighted by atomic mass is 19.4. The van der Waals surface area contributed by atoms with Crippen LogP contribution in [0.1, 0.15) is 18.1 Å². The molecule has 0 fully saturated rings. The highest BCUT2D eigenvalue weighted by Gasteiger charge is 2.33. The van der Waals surface area contributed by atoms with Crippen molar-refractivity contribution < 1.29 is 32.4 Å². The van der Waals surface area contributed by atoms with Crippen LogP contribution in [0.15, 0.2) is 12.1 Å². The molecule has 118 valence electrons. The molecule has 0 bridgehead atoms. The number of alkyl halides is 3. The molecule has 0 unspecified atom stereocenters. The molecule has 22 heavy (non-hydrogen) atoms. The lowest BCUT2D eigenvalue weighted by atomic mass is 10.0. The Kier molecular flexibility index (Phi) is 5.28. The standard InChI is InChI=1S/C12H9F3N2O5/c1-2-21-10(18)5-7-3-9(22-12(13,14)15)4-8(6-16)11(7)17(19)20/h3-4H,2,5H2,1H3. The van der Waals surface area contributed by atoms with Gasteiger partial charge in [-0.3, -0.25) is 14.9 Å². The first-order chi connectivity index (χ1) is 10.2. The molecule has 0 aromatic heterocycles. The van der Waals surface area contributed by atoms with Crippen molar-refractivity contribution in [2.75, 3.05) is 6.61 Å². The molecule has 1 aromatic rings. The molecule has 0 aliphatic rings. The number of hydrogen-bond acceptors (Lipinski definition) is 6. The van der Waals surface area contributed by atoms with Crippen molar-refractivity contribution >= 4 is 11.7 Å². The molecular formula is C12H9F3N2O5. The molecular weight excluding hydrogens is 309 g/mol. The highest BCUT2D eigenvalue weighted by molar-refractivity contribution is 5.75. The van der Waals surface area contributed by atoms with E-state index in [4.69, 9.17) is 5.26 Å². The summed E-state index contributed by atoms with van der Waals surface area (Å²) in [5.74, 6) is -1.70. The maximum atomic E-state index is 12.2. The molecule has 0 atom stereocenters. The second-order valence-corrected chi connectivity index (χ2v) is 3.88. The number of nitriles is 1. The minimum Gasteiger partial charge on any atom is -0.466 e. The quantitative estimate of drug-likeness (QED) is 0.469. The predicted molar refractivity (Wildman–Crippen MR) is 64.8 cm³/mol. The number of carbonyl (C=O) groups is 1. The van der Waals surface area contributed by atoms with E-state index in [1.807, 2.05) is 0 Å². The number of nitro groups is 1. The Bertz CT molecular complexity index is 637. The van der Waals surface area contributed by atoms with Gasteiger partial charge < -0.3 is 9.47 Å². The van der Waals surface area contributed by atoms with Crippen LogP contribution in [0, 0.1) is 21.4 Å². The zero-order chi connectivity index (χ0) is 16.9. The zero-order valence-electron chi connectivity index (χ0n) is 11.1. The van der Waals surface area contributed by atoms with Gasteiger partial charge in [0, 0.05) is 11.6 Å². The monoisotopic (exact) mass is 318 g/mol. The topological polar surface area (TPSA) is 102 Å². The number of ether oxygens (including phenoxy) is 2. The van der Waals surface area contributed by atoms with E-state index in [1.165, 1.54) is 13.0 Å². The van der Waals surface area contributed by atoms with Crippen molar-refractivity contribution in [3.8, 4) is 11.8 Å². The van der Waals surface area contributed by atoms with Crippen LogP contribution in [0.25, 0.3) is 0 Å². The molecule has 0 radical (unpaired) electrons. The summed E-state index contributed by atoms with van der Waals surface area (Å²) in [4.78, 5) is 21.4. The Morgan fingerprint density at radius 2 is 2.09 bits per heavy atom. The number of nitro benzene ring substituents is 1. The Balaban J connectivity index is 3.35. The summed E-state index contributed by atoms with van der Waals surface area (Å²) >= 11 is 0. The third-order valence-electron chi connectivity index (χ3n) is 2.34. The third-order valence-corrected chi connectivity index (χ3v) is 2.34. The summed E-state index contributed by atoms with van der Waals surface area (Å²) in [5.41, 5.74) is -1.81. The Hall–Kier alpha value is -2.83. The Morgan fingerprint density at radius 3 is 2.55 bits per heavy atom. The first-order valence-corrected chi connectivity index (χ1v) is 5.80. The number of nitrogens with zero attached hydrogens (tertiary/aromatic N) is 2. The fraction of sp³-hybridized carbons (Fsp3) is 0.333. The van der Waals surface area contributed by atoms with Gasteiger partial charge in [0.15, 0.2) is 0 Å². The van der Waals surface area contributed by atoms with Gasteiger partial charge in [-0.1, -0.05) is 0 Å². The fourth-order valence-electron chi connectivity index (χ4n) is 1.66. The lowest BCUT2D eigenvalue weighted by Gasteiger charge is -2.11. The number of carbonyl (C=O) groups excluding carboxylic acids is 1. The van der Waals surface area contributed by atoms with E-state index >= 15 is 0 Å². The zero-order valence-corrected chi connectivity index (χ0v) is 11.1. The molecule has 1 rings (SSSR count). The largest absolute Gasteiger partial charge is 0.573 e. The first kappa shape index (κ1) is 17.2. The van der Waals surface area contributed by atoms with Gasteiger partial charge in [-0.25, -0.2) is 0 Å². The van der Waals surface area contributed by atoms with Gasteiger partial charge in [-0.05, 0) is 13.0 Å². The smallest absolute Gasteiger partial charge is 0.466 e. The normalized spacial score (nSPS) is 10.7. The Labute approximate surface area is 122 Å². The van der Waals surface area contributed by atoms with Crippen LogP contribution in [-0.2, 0) is 16.0 Å². The molecule has 0 spiro atoms. The summed E-state index contributed by atoms with van der Waals surface area (Å²) in [5, 5.41) is 19.8. The maximum Gasteiger partial charge on any atom is 0.573 e. The lowest BCUT2D eigenvalue weighted by Crippen LogP contribution is -2.18. The van der Waals surface area contributed by atoms with Crippen LogP contribution < -0.4 is 4.74 Å². The summed E-state index contributed by atoms with van der Waals surface area (Å²) < 4.78 is 44.9. The lowest BCUT2D eigenvalue weighted by molar-refractivity contribution is -0.385. The molecule has 0 saturated carbocycles. The van der Waals surface area contributed by atoms with Crippen LogP contribution >= 0.6 is 0 Å². The van der Waals surface area contributed by atoms with Gasteiger partial charge in [0.1, 0.15) is 17.4 Å². The highest BCUT2D eigenvalue weighted by Crippen LogP contribution is 2.32. The van der Waals surface area contributed by atoms with Gasteiger partial charge >= 0.3 is 12.3 Å². The average molecular weight is 318 g/mol. The number of halogens is 3. The van der Waals surface area contributed by atoms with E-state index in [0.717, 1.165) is 0 Å². The minimum atomic E-state index is -5.04. The molecule has 0 N–H and O–H groups in total.